The molecule has 4 N–H and O–H groups in total. The maximum absolute atomic E-state index is 9.02. The molecule has 1 aromatic rings. The fraction of sp³-hybridized carbons (Fsp3) is 0.636. The number of nitrogens with two attached hydrogens (primary N) is 1. The van der Waals surface area contributed by atoms with E-state index in [1.165, 1.54) is 18.7 Å². The molecule has 1 aromatic heterocycles. The van der Waals surface area contributed by atoms with Crippen molar-refractivity contribution < 1.29 is 19.7 Å². The summed E-state index contributed by atoms with van der Waals surface area (Å²) in [4.78, 5) is 1.58. The number of hydrogen-bond acceptors (Lipinski definition) is 2. The van der Waals surface area contributed by atoms with Crippen LogP contribution in [0.5, 0.6) is 0 Å². The normalized spacial score (nSPS) is 26.7. The number of nitrogens with one attached hydrogen (secondary N) is 1. The van der Waals surface area contributed by atoms with Crippen molar-refractivity contribution in [2.24, 2.45) is 0 Å². The third-order valence-electron chi connectivity index (χ3n) is 3.19. The van der Waals surface area contributed by atoms with Gasteiger partial charge in [-0.2, -0.15) is 0 Å². The topological polar surface area (TPSA) is 54.4 Å². The standard InChI is InChI=1S/C11H18N2O2/c14-5-1-11-7-12-3-4-13(11)8-10-2-6-15-9-10/h2,6,9,11-12,14H,1,3-5,7-8H2/p+2. The van der Waals surface area contributed by atoms with Crippen molar-refractivity contribution in [3.8, 4) is 0 Å². The fourth-order valence-electron chi connectivity index (χ4n) is 2.34. The monoisotopic (exact) mass is 212 g/mol. The van der Waals surface area contributed by atoms with Crippen molar-refractivity contribution in [2.45, 2.75) is 19.0 Å². The lowest BCUT2D eigenvalue weighted by molar-refractivity contribution is -0.982. The average molecular weight is 212 g/mol. The summed E-state index contributed by atoms with van der Waals surface area (Å²) in [5.41, 5.74) is 1.26. The molecule has 1 aliphatic heterocycles. The summed E-state index contributed by atoms with van der Waals surface area (Å²) in [5, 5.41) is 11.4. The Balaban J connectivity index is 1.92. The molecule has 0 saturated carbocycles. The van der Waals surface area contributed by atoms with Crippen LogP contribution in [0, 0.1) is 0 Å². The van der Waals surface area contributed by atoms with Crippen molar-refractivity contribution in [1.29, 1.82) is 0 Å². The Bertz CT molecular complexity index is 272. The average Bonchev–Trinajstić information content (AvgIpc) is 2.74. The molecule has 1 saturated heterocycles. The second kappa shape index (κ2) is 5.30. The third-order valence-corrected chi connectivity index (χ3v) is 3.19. The van der Waals surface area contributed by atoms with Gasteiger partial charge in [0, 0.05) is 18.6 Å². The SMILES string of the molecule is OCCC1C[NH2+]CC[NH+]1Cc1ccoc1. The van der Waals surface area contributed by atoms with Gasteiger partial charge in [-0.25, -0.2) is 0 Å². The first-order valence-electron chi connectivity index (χ1n) is 5.68. The molecule has 2 rings (SSSR count). The van der Waals surface area contributed by atoms with E-state index in [4.69, 9.17) is 9.52 Å². The van der Waals surface area contributed by atoms with Crippen LogP contribution in [0.4, 0.5) is 0 Å². The van der Waals surface area contributed by atoms with Crippen molar-refractivity contribution in [3.05, 3.63) is 24.2 Å². The highest BCUT2D eigenvalue weighted by Gasteiger charge is 2.28. The lowest BCUT2D eigenvalue weighted by Gasteiger charge is -2.30. The van der Waals surface area contributed by atoms with Crippen molar-refractivity contribution in [1.82, 2.24) is 0 Å². The highest BCUT2D eigenvalue weighted by molar-refractivity contribution is 5.02. The van der Waals surface area contributed by atoms with Crippen molar-refractivity contribution in [2.75, 3.05) is 26.2 Å². The Morgan fingerprint density at radius 1 is 1.60 bits per heavy atom. The van der Waals surface area contributed by atoms with Crippen LogP contribution in [0.15, 0.2) is 23.0 Å². The molecule has 2 heterocycles. The molecule has 0 amide bonds. The molecular weight excluding hydrogens is 192 g/mol. The Kier molecular flexibility index (Phi) is 3.77. The van der Waals surface area contributed by atoms with Crippen LogP contribution in [0.3, 0.4) is 0 Å². The number of aliphatic hydroxyl groups is 1. The molecule has 0 bridgehead atoms. The zero-order chi connectivity index (χ0) is 10.5. The van der Waals surface area contributed by atoms with Gasteiger partial charge in [-0.1, -0.05) is 0 Å². The smallest absolute Gasteiger partial charge is 0.140 e. The van der Waals surface area contributed by atoms with E-state index in [0.29, 0.717) is 12.6 Å². The lowest BCUT2D eigenvalue weighted by atomic mass is 10.1. The molecule has 1 fully saturated rings. The predicted molar refractivity (Wildman–Crippen MR) is 55.4 cm³/mol. The van der Waals surface area contributed by atoms with Gasteiger partial charge in [0.25, 0.3) is 0 Å². The largest absolute Gasteiger partial charge is 0.472 e. The zero-order valence-electron chi connectivity index (χ0n) is 8.98. The molecule has 1 aliphatic rings. The van der Waals surface area contributed by atoms with Gasteiger partial charge in [0.15, 0.2) is 0 Å². The second-order valence-corrected chi connectivity index (χ2v) is 4.24. The predicted octanol–water partition coefficient (Wildman–Crippen LogP) is -2.01. The van der Waals surface area contributed by atoms with E-state index in [-0.39, 0.29) is 0 Å². The van der Waals surface area contributed by atoms with E-state index in [0.717, 1.165) is 19.5 Å². The van der Waals surface area contributed by atoms with E-state index in [2.05, 4.69) is 5.32 Å². The first kappa shape index (κ1) is 10.7. The number of furan rings is 1. The molecule has 0 aliphatic carbocycles. The summed E-state index contributed by atoms with van der Waals surface area (Å²) >= 11 is 0. The molecule has 15 heavy (non-hydrogen) atoms. The Morgan fingerprint density at radius 3 is 3.27 bits per heavy atom. The van der Waals surface area contributed by atoms with E-state index in [9.17, 15) is 0 Å². The van der Waals surface area contributed by atoms with Crippen LogP contribution in [0.2, 0.25) is 0 Å². The molecule has 2 atom stereocenters. The summed E-state index contributed by atoms with van der Waals surface area (Å²) in [6.45, 7) is 4.82. The summed E-state index contributed by atoms with van der Waals surface area (Å²) in [5.74, 6) is 0. The van der Waals surface area contributed by atoms with Gasteiger partial charge < -0.3 is 19.7 Å². The molecule has 4 nitrogen and oxygen atoms in total. The van der Waals surface area contributed by atoms with Crippen LogP contribution in [0.1, 0.15) is 12.0 Å². The quantitative estimate of drug-likeness (QED) is 0.540. The summed E-state index contributed by atoms with van der Waals surface area (Å²) in [6.07, 6.45) is 4.46. The molecule has 0 spiro atoms. The fourth-order valence-corrected chi connectivity index (χ4v) is 2.34. The highest BCUT2D eigenvalue weighted by Crippen LogP contribution is 1.97. The van der Waals surface area contributed by atoms with E-state index < -0.39 is 0 Å². The number of quaternary nitrogens is 2. The van der Waals surface area contributed by atoms with Crippen LogP contribution < -0.4 is 10.2 Å². The van der Waals surface area contributed by atoms with Crippen molar-refractivity contribution in [3.63, 3.8) is 0 Å². The lowest BCUT2D eigenvalue weighted by Crippen LogP contribution is -3.23. The van der Waals surface area contributed by atoms with Crippen LogP contribution in [-0.2, 0) is 6.54 Å². The van der Waals surface area contributed by atoms with Crippen molar-refractivity contribution >= 4 is 0 Å². The first-order valence-corrected chi connectivity index (χ1v) is 5.68. The Morgan fingerprint density at radius 2 is 2.53 bits per heavy atom. The van der Waals surface area contributed by atoms with Crippen LogP contribution >= 0.6 is 0 Å². The van der Waals surface area contributed by atoms with Gasteiger partial charge >= 0.3 is 0 Å². The molecule has 2 unspecified atom stereocenters. The summed E-state index contributed by atoms with van der Waals surface area (Å²) in [7, 11) is 0. The number of piperazine rings is 1. The minimum absolute atomic E-state index is 0.299. The van der Waals surface area contributed by atoms with Gasteiger partial charge in [0.1, 0.15) is 32.2 Å². The minimum Gasteiger partial charge on any atom is -0.472 e. The molecule has 0 radical (unpaired) electrons. The van der Waals surface area contributed by atoms with Gasteiger partial charge in [0.05, 0.1) is 12.5 Å². The zero-order valence-corrected chi connectivity index (χ0v) is 8.98. The van der Waals surface area contributed by atoms with Gasteiger partial charge in [-0.15, -0.1) is 0 Å². The Hall–Kier alpha value is -0.840. The number of aliphatic hydroxyl groups excluding tert-OH is 1. The molecular formula is C11H20N2O2+2. The maximum Gasteiger partial charge on any atom is 0.140 e. The molecule has 0 aromatic carbocycles. The van der Waals surface area contributed by atoms with Crippen LogP contribution in [0.25, 0.3) is 0 Å². The first-order chi connectivity index (χ1) is 7.40. The van der Waals surface area contributed by atoms with Crippen LogP contribution in [-0.4, -0.2) is 37.4 Å². The van der Waals surface area contributed by atoms with E-state index in [1.807, 2.05) is 12.3 Å². The highest BCUT2D eigenvalue weighted by atomic mass is 16.3. The second-order valence-electron chi connectivity index (χ2n) is 4.24. The van der Waals surface area contributed by atoms with Gasteiger partial charge in [0.2, 0.25) is 0 Å². The maximum atomic E-state index is 9.02. The van der Waals surface area contributed by atoms with Gasteiger partial charge in [-0.3, -0.25) is 0 Å². The van der Waals surface area contributed by atoms with Gasteiger partial charge in [-0.05, 0) is 6.07 Å². The molecule has 4 heteroatoms. The van der Waals surface area contributed by atoms with E-state index in [1.54, 1.807) is 11.2 Å². The Labute approximate surface area is 89.9 Å². The molecule has 84 valence electrons. The summed E-state index contributed by atoms with van der Waals surface area (Å²) < 4.78 is 5.08. The minimum atomic E-state index is 0.299. The number of hydrogen-bond donors (Lipinski definition) is 3. The van der Waals surface area contributed by atoms with E-state index >= 15 is 0 Å². The third kappa shape index (κ3) is 2.81. The number of rotatable bonds is 4. The summed E-state index contributed by atoms with van der Waals surface area (Å²) in [6, 6.07) is 2.61.